The number of hydrogen-bond donors (Lipinski definition) is 3. The maximum atomic E-state index is 12.1. The lowest BCUT2D eigenvalue weighted by atomic mass is 10.0. The lowest BCUT2D eigenvalue weighted by molar-refractivity contribution is -0.137. The molecule has 0 aliphatic carbocycles. The van der Waals surface area contributed by atoms with E-state index in [2.05, 4.69) is 16.7 Å². The molecule has 6 nitrogen and oxygen atoms in total. The molecule has 1 atom stereocenters. The summed E-state index contributed by atoms with van der Waals surface area (Å²) in [6, 6.07) is 8.21. The van der Waals surface area contributed by atoms with Gasteiger partial charge in [0.2, 0.25) is 0 Å². The highest BCUT2D eigenvalue weighted by molar-refractivity contribution is 6.17. The molecule has 0 radical (unpaired) electrons. The third-order valence-electron chi connectivity index (χ3n) is 3.96. The quantitative estimate of drug-likeness (QED) is 0.700. The molecular formula is C16H19N3O3. The van der Waals surface area contributed by atoms with Crippen LogP contribution in [-0.2, 0) is 9.59 Å². The van der Waals surface area contributed by atoms with Gasteiger partial charge >= 0.3 is 0 Å². The zero-order valence-electron chi connectivity index (χ0n) is 12.2. The standard InChI is InChI=1S/C16H19N3O3/c20-8-7-19-15(21)10-14(16(19)22)18-12-4-1-3-11(9-12)13-5-2-6-17-13/h1,3-4,9-10,13,17-18,20H,2,5-8H2. The molecule has 0 aromatic heterocycles. The molecule has 1 unspecified atom stereocenters. The molecule has 2 aliphatic heterocycles. The minimum atomic E-state index is -0.400. The molecule has 6 heteroatoms. The number of aliphatic hydroxyl groups excluding tert-OH is 1. The van der Waals surface area contributed by atoms with E-state index in [-0.39, 0.29) is 18.8 Å². The lowest BCUT2D eigenvalue weighted by Gasteiger charge is -2.15. The van der Waals surface area contributed by atoms with Gasteiger partial charge in [-0.1, -0.05) is 12.1 Å². The minimum absolute atomic E-state index is 0.0192. The summed E-state index contributed by atoms with van der Waals surface area (Å²) in [5, 5.41) is 15.3. The summed E-state index contributed by atoms with van der Waals surface area (Å²) in [4.78, 5) is 24.9. The highest BCUT2D eigenvalue weighted by atomic mass is 16.3. The van der Waals surface area contributed by atoms with Crippen LogP contribution in [0.25, 0.3) is 0 Å². The van der Waals surface area contributed by atoms with Gasteiger partial charge in [-0.05, 0) is 37.1 Å². The molecule has 1 saturated heterocycles. The Balaban J connectivity index is 1.73. The number of nitrogens with zero attached hydrogens (tertiary/aromatic N) is 1. The van der Waals surface area contributed by atoms with Crippen molar-refractivity contribution in [1.82, 2.24) is 10.2 Å². The van der Waals surface area contributed by atoms with Crippen molar-refractivity contribution in [1.29, 1.82) is 0 Å². The van der Waals surface area contributed by atoms with Crippen molar-refractivity contribution < 1.29 is 14.7 Å². The molecule has 2 aliphatic rings. The number of β-amino-alcohol motifs (C(OH)–C–C–N with tert-alkyl or cyclic N) is 1. The summed E-state index contributed by atoms with van der Waals surface area (Å²) in [5.41, 5.74) is 2.20. The highest BCUT2D eigenvalue weighted by Crippen LogP contribution is 2.26. The second kappa shape index (κ2) is 6.29. The van der Waals surface area contributed by atoms with Gasteiger partial charge < -0.3 is 15.7 Å². The van der Waals surface area contributed by atoms with Crippen molar-refractivity contribution in [2.75, 3.05) is 25.0 Å². The fourth-order valence-corrected chi connectivity index (χ4v) is 2.87. The average molecular weight is 301 g/mol. The Labute approximate surface area is 128 Å². The summed E-state index contributed by atoms with van der Waals surface area (Å²) < 4.78 is 0. The number of amides is 2. The predicted octanol–water partition coefficient (Wildman–Crippen LogP) is 0.768. The zero-order valence-corrected chi connectivity index (χ0v) is 12.2. The Hall–Kier alpha value is -2.18. The van der Waals surface area contributed by atoms with Crippen LogP contribution in [0, 0.1) is 0 Å². The number of carbonyl (C=O) groups is 2. The van der Waals surface area contributed by atoms with Crippen molar-refractivity contribution >= 4 is 17.5 Å². The van der Waals surface area contributed by atoms with Gasteiger partial charge in [-0.2, -0.15) is 0 Å². The second-order valence-corrected chi connectivity index (χ2v) is 5.48. The number of aliphatic hydroxyl groups is 1. The van der Waals surface area contributed by atoms with E-state index in [1.165, 1.54) is 11.6 Å². The number of benzene rings is 1. The third-order valence-corrected chi connectivity index (χ3v) is 3.96. The monoisotopic (exact) mass is 301 g/mol. The van der Waals surface area contributed by atoms with E-state index < -0.39 is 11.8 Å². The van der Waals surface area contributed by atoms with Crippen molar-refractivity contribution in [3.63, 3.8) is 0 Å². The number of anilines is 1. The third kappa shape index (κ3) is 2.88. The van der Waals surface area contributed by atoms with Gasteiger partial charge in [0, 0.05) is 17.8 Å². The molecule has 22 heavy (non-hydrogen) atoms. The first-order chi connectivity index (χ1) is 10.7. The molecule has 0 saturated carbocycles. The zero-order chi connectivity index (χ0) is 15.5. The van der Waals surface area contributed by atoms with Gasteiger partial charge in [0.15, 0.2) is 0 Å². The number of hydrogen-bond acceptors (Lipinski definition) is 5. The summed E-state index contributed by atoms with van der Waals surface area (Å²) in [6.45, 7) is 0.809. The van der Waals surface area contributed by atoms with E-state index in [0.29, 0.717) is 6.04 Å². The minimum Gasteiger partial charge on any atom is -0.395 e. The van der Waals surface area contributed by atoms with Gasteiger partial charge in [-0.15, -0.1) is 0 Å². The summed E-state index contributed by atoms with van der Waals surface area (Å²) >= 11 is 0. The molecule has 1 aromatic rings. The smallest absolute Gasteiger partial charge is 0.277 e. The first-order valence-corrected chi connectivity index (χ1v) is 7.48. The van der Waals surface area contributed by atoms with Crippen LogP contribution in [-0.4, -0.2) is 41.5 Å². The molecule has 0 spiro atoms. The summed E-state index contributed by atoms with van der Waals surface area (Å²) in [5.74, 6) is -0.793. The molecule has 3 rings (SSSR count). The van der Waals surface area contributed by atoms with Crippen molar-refractivity contribution in [3.8, 4) is 0 Å². The second-order valence-electron chi connectivity index (χ2n) is 5.48. The molecule has 0 bridgehead atoms. The highest BCUT2D eigenvalue weighted by Gasteiger charge is 2.30. The van der Waals surface area contributed by atoms with E-state index in [4.69, 9.17) is 5.11 Å². The van der Waals surface area contributed by atoms with Gasteiger partial charge in [-0.25, -0.2) is 0 Å². The maximum Gasteiger partial charge on any atom is 0.277 e. The number of rotatable bonds is 5. The average Bonchev–Trinajstić information content (AvgIpc) is 3.13. The molecule has 2 heterocycles. The Morgan fingerprint density at radius 2 is 2.23 bits per heavy atom. The molecule has 1 aromatic carbocycles. The SMILES string of the molecule is O=C1C=C(Nc2cccc(C3CCCN3)c2)C(=O)N1CCO. The molecule has 2 amide bonds. The van der Waals surface area contributed by atoms with E-state index in [0.717, 1.165) is 30.0 Å². The summed E-state index contributed by atoms with van der Waals surface area (Å²) in [6.07, 6.45) is 3.54. The van der Waals surface area contributed by atoms with Gasteiger partial charge in [-0.3, -0.25) is 14.5 Å². The largest absolute Gasteiger partial charge is 0.395 e. The van der Waals surface area contributed by atoms with Crippen LogP contribution in [0.2, 0.25) is 0 Å². The van der Waals surface area contributed by atoms with E-state index in [9.17, 15) is 9.59 Å². The number of nitrogens with one attached hydrogen (secondary N) is 2. The Bertz CT molecular complexity index is 621. The van der Waals surface area contributed by atoms with Crippen molar-refractivity contribution in [2.45, 2.75) is 18.9 Å². The molecule has 3 N–H and O–H groups in total. The first kappa shape index (κ1) is 14.7. The topological polar surface area (TPSA) is 81.7 Å². The number of carbonyl (C=O) groups excluding carboxylic acids is 2. The molecular weight excluding hydrogens is 282 g/mol. The fourth-order valence-electron chi connectivity index (χ4n) is 2.87. The van der Waals surface area contributed by atoms with Crippen LogP contribution < -0.4 is 10.6 Å². The summed E-state index contributed by atoms with van der Waals surface area (Å²) in [7, 11) is 0. The maximum absolute atomic E-state index is 12.1. The molecule has 116 valence electrons. The van der Waals surface area contributed by atoms with Gasteiger partial charge in [0.25, 0.3) is 11.8 Å². The van der Waals surface area contributed by atoms with E-state index in [1.807, 2.05) is 18.2 Å². The van der Waals surface area contributed by atoms with Gasteiger partial charge in [0.1, 0.15) is 5.70 Å². The Morgan fingerprint density at radius 1 is 1.36 bits per heavy atom. The normalized spacial score (nSPS) is 21.4. The Morgan fingerprint density at radius 3 is 2.95 bits per heavy atom. The van der Waals surface area contributed by atoms with E-state index in [1.54, 1.807) is 0 Å². The molecule has 1 fully saturated rings. The van der Waals surface area contributed by atoms with Crippen LogP contribution in [0.15, 0.2) is 36.0 Å². The van der Waals surface area contributed by atoms with Crippen LogP contribution >= 0.6 is 0 Å². The Kier molecular flexibility index (Phi) is 4.22. The van der Waals surface area contributed by atoms with Crippen LogP contribution in [0.3, 0.4) is 0 Å². The van der Waals surface area contributed by atoms with Crippen molar-refractivity contribution in [2.24, 2.45) is 0 Å². The number of imide groups is 1. The van der Waals surface area contributed by atoms with Crippen molar-refractivity contribution in [3.05, 3.63) is 41.6 Å². The van der Waals surface area contributed by atoms with Gasteiger partial charge in [0.05, 0.1) is 13.2 Å². The fraction of sp³-hybridized carbons (Fsp3) is 0.375. The van der Waals surface area contributed by atoms with Crippen LogP contribution in [0.4, 0.5) is 5.69 Å². The van der Waals surface area contributed by atoms with Crippen LogP contribution in [0.5, 0.6) is 0 Å². The lowest BCUT2D eigenvalue weighted by Crippen LogP contribution is -2.34. The first-order valence-electron chi connectivity index (χ1n) is 7.48. The predicted molar refractivity (Wildman–Crippen MR) is 81.9 cm³/mol. The van der Waals surface area contributed by atoms with E-state index >= 15 is 0 Å². The van der Waals surface area contributed by atoms with Crippen LogP contribution in [0.1, 0.15) is 24.4 Å².